The van der Waals surface area contributed by atoms with E-state index in [0.717, 1.165) is 101 Å². The molecular weight excluding hydrogens is 1180 g/mol. The maximum absolute atomic E-state index is 6.30. The number of hydrogen-bond donors (Lipinski definition) is 0. The van der Waals surface area contributed by atoms with Crippen molar-refractivity contribution in [2.45, 2.75) is 0 Å². The molecule has 21 aromatic rings. The van der Waals surface area contributed by atoms with Gasteiger partial charge in [-0.3, -0.25) is 9.13 Å². The van der Waals surface area contributed by atoms with E-state index in [2.05, 4.69) is 268 Å². The molecule has 0 aliphatic rings. The van der Waals surface area contributed by atoms with Crippen molar-refractivity contribution in [2.24, 2.45) is 0 Å². The number of benzene rings is 14. The van der Waals surface area contributed by atoms with Crippen molar-refractivity contribution in [2.75, 3.05) is 0 Å². The lowest BCUT2D eigenvalue weighted by Crippen LogP contribution is -2.03. The Hall–Kier alpha value is -12.6. The zero-order valence-corrected chi connectivity index (χ0v) is 51.7. The molecule has 7 heterocycles. The Morgan fingerprint density at radius 1 is 0.284 bits per heavy atom. The van der Waals surface area contributed by atoms with Gasteiger partial charge in [-0.1, -0.05) is 231 Å². The topological polar surface area (TPSA) is 79.5 Å². The average Bonchev–Trinajstić information content (AvgIpc) is 1.56. The third kappa shape index (κ3) is 8.26. The zero-order valence-electron chi connectivity index (χ0n) is 50.9. The number of rotatable bonds is 6. The van der Waals surface area contributed by atoms with Gasteiger partial charge in [0.1, 0.15) is 22.5 Å². The average molecular weight is 1230 g/mol. The molecule has 442 valence electrons. The van der Waals surface area contributed by atoms with E-state index in [0.29, 0.717) is 5.71 Å². The quantitative estimate of drug-likeness (QED) is 0.166. The van der Waals surface area contributed by atoms with Crippen molar-refractivity contribution in [1.82, 2.24) is 33.6 Å². The molecule has 0 unspecified atom stereocenters. The summed E-state index contributed by atoms with van der Waals surface area (Å²) in [5.41, 5.74) is 17.7. The van der Waals surface area contributed by atoms with E-state index >= 15 is 0 Å². The molecule has 0 aliphatic heterocycles. The van der Waals surface area contributed by atoms with Gasteiger partial charge in [-0.2, -0.15) is 0 Å². The fourth-order valence-electron chi connectivity index (χ4n) is 14.8. The molecule has 0 amide bonds. The molecule has 0 fully saturated rings. The van der Waals surface area contributed by atoms with Crippen LogP contribution in [0.25, 0.3) is 191 Å². The fourth-order valence-corrected chi connectivity index (χ4v) is 16.0. The highest BCUT2D eigenvalue weighted by molar-refractivity contribution is 7.26. The van der Waals surface area contributed by atoms with Crippen LogP contribution in [0.4, 0.5) is 0 Å². The smallest absolute Gasteiger partial charge is 0.247 e. The van der Waals surface area contributed by atoms with Crippen molar-refractivity contribution >= 4 is 152 Å². The van der Waals surface area contributed by atoms with Crippen LogP contribution in [0.2, 0.25) is 0 Å². The summed E-state index contributed by atoms with van der Waals surface area (Å²) in [5, 5.41) is 15.8. The van der Waals surface area contributed by atoms with E-state index in [9.17, 15) is 0 Å². The van der Waals surface area contributed by atoms with Crippen molar-refractivity contribution < 1.29 is 4.42 Å². The molecule has 7 aromatic heterocycles. The Morgan fingerprint density at radius 3 is 1.54 bits per heavy atom. The van der Waals surface area contributed by atoms with Crippen molar-refractivity contribution in [3.8, 4) is 51.0 Å². The van der Waals surface area contributed by atoms with Crippen LogP contribution in [-0.2, 0) is 0 Å². The number of furan rings is 1. The normalized spacial score (nSPS) is 12.0. The number of thiophene rings is 1. The molecule has 0 radical (unpaired) electrons. The second-order valence-electron chi connectivity index (χ2n) is 24.4. The third-order valence-corrected chi connectivity index (χ3v) is 20.3. The predicted molar refractivity (Wildman–Crippen MR) is 396 cm³/mol. The molecule has 0 spiro atoms. The lowest BCUT2D eigenvalue weighted by atomic mass is 10.0. The number of para-hydroxylation sites is 6. The lowest BCUT2D eigenvalue weighted by Gasteiger charge is -2.14. The Labute approximate surface area is 546 Å². The van der Waals surface area contributed by atoms with Gasteiger partial charge in [0, 0.05) is 74.7 Å². The highest BCUT2D eigenvalue weighted by Crippen LogP contribution is 2.46. The van der Waals surface area contributed by atoms with Crippen molar-refractivity contribution in [3.05, 3.63) is 309 Å². The van der Waals surface area contributed by atoms with E-state index in [1.807, 2.05) is 65.9 Å². The molecule has 21 rings (SSSR count). The molecule has 0 N–H and O–H groups in total. The number of nitrogens with zero attached hydrogens (tertiary/aromatic N) is 7. The second kappa shape index (κ2) is 21.0. The Morgan fingerprint density at radius 2 is 0.800 bits per heavy atom. The lowest BCUT2D eigenvalue weighted by molar-refractivity contribution is 0.653. The van der Waals surface area contributed by atoms with E-state index in [4.69, 9.17) is 24.4 Å². The molecule has 0 atom stereocenters. The van der Waals surface area contributed by atoms with E-state index < -0.39 is 0 Å². The molecule has 0 saturated heterocycles. The van der Waals surface area contributed by atoms with Gasteiger partial charge in [-0.05, 0) is 112 Å². The molecule has 0 bridgehead atoms. The molecule has 0 aliphatic carbocycles. The van der Waals surface area contributed by atoms with E-state index in [1.165, 1.54) is 85.1 Å². The van der Waals surface area contributed by atoms with Crippen LogP contribution in [0.3, 0.4) is 0 Å². The number of aromatic nitrogens is 7. The van der Waals surface area contributed by atoms with Crippen molar-refractivity contribution in [3.63, 3.8) is 0 Å². The van der Waals surface area contributed by atoms with Gasteiger partial charge >= 0.3 is 0 Å². The molecule has 0 saturated carbocycles. The molecule has 9 heteroatoms. The highest BCUT2D eigenvalue weighted by Gasteiger charge is 2.26. The standard InChI is InChI=1S/C44H25N3OS.C42H26N4/c1-2-10-26(11-3-1)27-18-20-29(21-19-27)40-43(45-41-33-15-7-9-17-38(33)48-44(41)46-40)47-36-16-8-6-14-31(36)34-25-39-35(24-37(34)47)32-23-22-28-12-4-5-13-30(28)42(32)49-39;1-3-14-28(15-4-1)41-42(44-35-21-11-10-20-34(35)43-41)46-36-22-12-9-19-31(36)32-25-33-39(26-38(32)46)45(29-16-5-2-6-17-29)37-24-23-27-13-7-8-18-30(27)40(33)37/h1-25H;1-26H. The summed E-state index contributed by atoms with van der Waals surface area (Å²) in [6.45, 7) is 0. The maximum Gasteiger partial charge on any atom is 0.247 e. The Bertz CT molecular complexity index is 6700. The summed E-state index contributed by atoms with van der Waals surface area (Å²) in [6.07, 6.45) is 0. The van der Waals surface area contributed by atoms with Gasteiger partial charge in [0.05, 0.1) is 44.1 Å². The SMILES string of the molecule is c1ccc(-c2ccc(-c3nc4oc5ccccc5c4nc3-n3c4ccccc4c4cc5sc6c7ccccc7ccc6c5cc43)cc2)cc1.c1ccc(-c2nc3ccccc3nc2-n2c3ccccc3c3cc4c5c6ccccc6ccc5n(-c5ccccc5)c4cc32)cc1. The largest absolute Gasteiger partial charge is 0.436 e. The summed E-state index contributed by atoms with van der Waals surface area (Å²) < 4.78 is 15.9. The van der Waals surface area contributed by atoms with Gasteiger partial charge in [-0.15, -0.1) is 11.3 Å². The minimum atomic E-state index is 0.533. The van der Waals surface area contributed by atoms with E-state index in [1.54, 1.807) is 0 Å². The predicted octanol–water partition coefficient (Wildman–Crippen LogP) is 23.0. The van der Waals surface area contributed by atoms with Crippen LogP contribution in [-0.4, -0.2) is 33.6 Å². The third-order valence-electron chi connectivity index (χ3n) is 19.1. The second-order valence-corrected chi connectivity index (χ2v) is 25.5. The van der Waals surface area contributed by atoms with Gasteiger partial charge in [0.25, 0.3) is 0 Å². The Kier molecular flexibility index (Phi) is 11.7. The van der Waals surface area contributed by atoms with Gasteiger partial charge in [-0.25, -0.2) is 19.9 Å². The summed E-state index contributed by atoms with van der Waals surface area (Å²) in [4.78, 5) is 21.2. The fraction of sp³-hybridized carbons (Fsp3) is 0. The molecule has 14 aromatic carbocycles. The Balaban J connectivity index is 0.000000131. The summed E-state index contributed by atoms with van der Waals surface area (Å²) >= 11 is 1.87. The number of fused-ring (bicyclic) bond motifs is 20. The first-order valence-electron chi connectivity index (χ1n) is 32.0. The minimum absolute atomic E-state index is 0.533. The van der Waals surface area contributed by atoms with Gasteiger partial charge < -0.3 is 8.98 Å². The van der Waals surface area contributed by atoms with Gasteiger partial charge in [0.15, 0.2) is 11.6 Å². The van der Waals surface area contributed by atoms with Crippen LogP contribution in [0.5, 0.6) is 0 Å². The van der Waals surface area contributed by atoms with E-state index in [-0.39, 0.29) is 0 Å². The summed E-state index contributed by atoms with van der Waals surface area (Å²) in [6, 6.07) is 110. The van der Waals surface area contributed by atoms with Crippen LogP contribution in [0, 0.1) is 0 Å². The van der Waals surface area contributed by atoms with Gasteiger partial charge in [0.2, 0.25) is 5.71 Å². The first kappa shape index (κ1) is 53.1. The maximum atomic E-state index is 6.30. The summed E-state index contributed by atoms with van der Waals surface area (Å²) in [5.74, 6) is 1.60. The molecule has 95 heavy (non-hydrogen) atoms. The van der Waals surface area contributed by atoms with Crippen molar-refractivity contribution in [1.29, 1.82) is 0 Å². The highest BCUT2D eigenvalue weighted by atomic mass is 32.1. The number of hydrogen-bond acceptors (Lipinski definition) is 6. The van der Waals surface area contributed by atoms with Crippen LogP contribution >= 0.6 is 11.3 Å². The molecular formula is C86H51N7OS. The van der Waals surface area contributed by atoms with Crippen LogP contribution in [0.15, 0.2) is 314 Å². The minimum Gasteiger partial charge on any atom is -0.436 e. The first-order chi connectivity index (χ1) is 47.1. The van der Waals surface area contributed by atoms with Crippen LogP contribution in [0.1, 0.15) is 0 Å². The monoisotopic (exact) mass is 1230 g/mol. The zero-order chi connectivity index (χ0) is 62.2. The van der Waals surface area contributed by atoms with Crippen LogP contribution < -0.4 is 0 Å². The summed E-state index contributed by atoms with van der Waals surface area (Å²) in [7, 11) is 0. The first-order valence-corrected chi connectivity index (χ1v) is 32.8. The molecule has 8 nitrogen and oxygen atoms in total.